The van der Waals surface area contributed by atoms with Gasteiger partial charge in [0.15, 0.2) is 0 Å². The van der Waals surface area contributed by atoms with Crippen LogP contribution in [0.2, 0.25) is 0 Å². The molecule has 0 saturated carbocycles. The standard InChI is InChI=1S/C25H31N3O3/c1-19-4-3-5-21(16-19)18-28-15-13-26-12-14-27(11-10-23(26)25(28)30)24(29)17-20-6-8-22(31-2)9-7-20/h3-9,16,23H,10-15,17-18H2,1-2H3. The van der Waals surface area contributed by atoms with E-state index in [1.54, 1.807) is 7.11 Å². The van der Waals surface area contributed by atoms with Gasteiger partial charge in [0.2, 0.25) is 11.8 Å². The first-order valence-corrected chi connectivity index (χ1v) is 11.0. The molecule has 6 heteroatoms. The van der Waals surface area contributed by atoms with Crippen molar-refractivity contribution in [2.75, 3.05) is 39.8 Å². The molecule has 164 valence electrons. The molecule has 6 nitrogen and oxygen atoms in total. The van der Waals surface area contributed by atoms with Crippen molar-refractivity contribution in [2.24, 2.45) is 0 Å². The van der Waals surface area contributed by atoms with E-state index >= 15 is 0 Å². The topological polar surface area (TPSA) is 53.1 Å². The summed E-state index contributed by atoms with van der Waals surface area (Å²) in [5, 5.41) is 0. The third kappa shape index (κ3) is 5.07. The van der Waals surface area contributed by atoms with Crippen LogP contribution in [0, 0.1) is 6.92 Å². The molecule has 2 aliphatic rings. The van der Waals surface area contributed by atoms with Crippen LogP contribution in [-0.2, 0) is 22.6 Å². The van der Waals surface area contributed by atoms with Crippen LogP contribution in [0.5, 0.6) is 5.75 Å². The van der Waals surface area contributed by atoms with E-state index in [-0.39, 0.29) is 17.9 Å². The summed E-state index contributed by atoms with van der Waals surface area (Å²) in [6, 6.07) is 15.9. The molecular formula is C25H31N3O3. The molecule has 0 spiro atoms. The minimum absolute atomic E-state index is 0.120. The number of methoxy groups -OCH3 is 1. The molecule has 2 fully saturated rings. The first-order valence-electron chi connectivity index (χ1n) is 11.0. The third-order valence-corrected chi connectivity index (χ3v) is 6.35. The van der Waals surface area contributed by atoms with E-state index < -0.39 is 0 Å². The first-order chi connectivity index (χ1) is 15.0. The number of amides is 2. The maximum atomic E-state index is 13.2. The van der Waals surface area contributed by atoms with Crippen molar-refractivity contribution < 1.29 is 14.3 Å². The van der Waals surface area contributed by atoms with Gasteiger partial charge in [-0.25, -0.2) is 0 Å². The Morgan fingerprint density at radius 1 is 1.00 bits per heavy atom. The number of hydrogen-bond donors (Lipinski definition) is 0. The summed E-state index contributed by atoms with van der Waals surface area (Å²) in [6.45, 7) is 6.39. The zero-order valence-corrected chi connectivity index (χ0v) is 18.4. The summed E-state index contributed by atoms with van der Waals surface area (Å²) in [5.74, 6) is 1.10. The predicted octanol–water partition coefficient (Wildman–Crippen LogP) is 2.49. The smallest absolute Gasteiger partial charge is 0.240 e. The predicted molar refractivity (Wildman–Crippen MR) is 120 cm³/mol. The lowest BCUT2D eigenvalue weighted by Gasteiger charge is -2.39. The Morgan fingerprint density at radius 2 is 1.77 bits per heavy atom. The van der Waals surface area contributed by atoms with Gasteiger partial charge >= 0.3 is 0 Å². The van der Waals surface area contributed by atoms with Crippen molar-refractivity contribution in [3.8, 4) is 5.75 Å². The molecule has 1 atom stereocenters. The number of ether oxygens (including phenoxy) is 1. The number of benzene rings is 2. The molecule has 2 aromatic rings. The van der Waals surface area contributed by atoms with Crippen LogP contribution in [0.15, 0.2) is 48.5 Å². The zero-order valence-electron chi connectivity index (χ0n) is 18.4. The number of hydrogen-bond acceptors (Lipinski definition) is 4. The number of carbonyl (C=O) groups is 2. The average Bonchev–Trinajstić information content (AvgIpc) is 3.00. The molecule has 0 aliphatic carbocycles. The van der Waals surface area contributed by atoms with E-state index in [1.165, 1.54) is 11.1 Å². The molecule has 0 aromatic heterocycles. The second kappa shape index (κ2) is 9.52. The Kier molecular flexibility index (Phi) is 6.56. The first kappa shape index (κ1) is 21.4. The number of carbonyl (C=O) groups excluding carboxylic acids is 2. The van der Waals surface area contributed by atoms with Crippen molar-refractivity contribution >= 4 is 11.8 Å². The van der Waals surface area contributed by atoms with E-state index in [0.29, 0.717) is 32.5 Å². The molecule has 4 rings (SSSR count). The van der Waals surface area contributed by atoms with Crippen LogP contribution in [0.4, 0.5) is 0 Å². The molecule has 2 amide bonds. The van der Waals surface area contributed by atoms with Gasteiger partial charge in [-0.1, -0.05) is 42.0 Å². The fourth-order valence-corrected chi connectivity index (χ4v) is 4.56. The molecule has 2 aromatic carbocycles. The fraction of sp³-hybridized carbons (Fsp3) is 0.440. The SMILES string of the molecule is COc1ccc(CC(=O)N2CCC3C(=O)N(Cc4cccc(C)c4)CCN3CC2)cc1. The molecular weight excluding hydrogens is 390 g/mol. The maximum Gasteiger partial charge on any atom is 0.240 e. The van der Waals surface area contributed by atoms with Crippen LogP contribution >= 0.6 is 0 Å². The van der Waals surface area contributed by atoms with Gasteiger partial charge in [-0.2, -0.15) is 0 Å². The fourth-order valence-electron chi connectivity index (χ4n) is 4.56. The van der Waals surface area contributed by atoms with E-state index in [9.17, 15) is 9.59 Å². The van der Waals surface area contributed by atoms with Crippen LogP contribution in [0.3, 0.4) is 0 Å². The third-order valence-electron chi connectivity index (χ3n) is 6.35. The number of rotatable bonds is 5. The number of nitrogens with zero attached hydrogens (tertiary/aromatic N) is 3. The molecule has 0 bridgehead atoms. The van der Waals surface area contributed by atoms with Crippen molar-refractivity contribution in [1.29, 1.82) is 0 Å². The molecule has 0 radical (unpaired) electrons. The highest BCUT2D eigenvalue weighted by Gasteiger charge is 2.37. The van der Waals surface area contributed by atoms with E-state index in [0.717, 1.165) is 30.9 Å². The summed E-state index contributed by atoms with van der Waals surface area (Å²) in [4.78, 5) is 32.2. The highest BCUT2D eigenvalue weighted by Crippen LogP contribution is 2.21. The van der Waals surface area contributed by atoms with Gasteiger partial charge in [-0.3, -0.25) is 14.5 Å². The number of piperazine rings is 1. The second-order valence-corrected chi connectivity index (χ2v) is 8.49. The molecule has 2 aliphatic heterocycles. The molecule has 2 saturated heterocycles. The minimum atomic E-state index is -0.127. The molecule has 2 heterocycles. The Hall–Kier alpha value is -2.86. The lowest BCUT2D eigenvalue weighted by atomic mass is 10.1. The lowest BCUT2D eigenvalue weighted by molar-refractivity contribution is -0.142. The van der Waals surface area contributed by atoms with Crippen molar-refractivity contribution in [3.05, 3.63) is 65.2 Å². The van der Waals surface area contributed by atoms with Gasteiger partial charge in [0.05, 0.1) is 19.6 Å². The van der Waals surface area contributed by atoms with Crippen LogP contribution in [0.25, 0.3) is 0 Å². The lowest BCUT2D eigenvalue weighted by Crippen LogP contribution is -2.56. The van der Waals surface area contributed by atoms with Gasteiger partial charge in [0, 0.05) is 39.3 Å². The van der Waals surface area contributed by atoms with Gasteiger partial charge in [0.25, 0.3) is 0 Å². The monoisotopic (exact) mass is 421 g/mol. The number of fused-ring (bicyclic) bond motifs is 1. The summed E-state index contributed by atoms with van der Waals surface area (Å²) < 4.78 is 5.19. The molecule has 31 heavy (non-hydrogen) atoms. The largest absolute Gasteiger partial charge is 0.497 e. The zero-order chi connectivity index (χ0) is 21.8. The quantitative estimate of drug-likeness (QED) is 0.744. The Labute approximate surface area is 184 Å². The van der Waals surface area contributed by atoms with E-state index in [4.69, 9.17) is 4.74 Å². The van der Waals surface area contributed by atoms with Gasteiger partial charge in [-0.05, 0) is 36.6 Å². The highest BCUT2D eigenvalue weighted by atomic mass is 16.5. The average molecular weight is 422 g/mol. The Bertz CT molecular complexity index is 928. The normalized spacial score (nSPS) is 19.7. The minimum Gasteiger partial charge on any atom is -0.497 e. The van der Waals surface area contributed by atoms with Crippen LogP contribution in [-0.4, -0.2) is 72.4 Å². The summed E-state index contributed by atoms with van der Waals surface area (Å²) in [5.41, 5.74) is 3.36. The van der Waals surface area contributed by atoms with Crippen molar-refractivity contribution in [3.63, 3.8) is 0 Å². The van der Waals surface area contributed by atoms with Gasteiger partial charge in [-0.15, -0.1) is 0 Å². The maximum absolute atomic E-state index is 13.2. The highest BCUT2D eigenvalue weighted by molar-refractivity contribution is 5.83. The number of aryl methyl sites for hydroxylation is 1. The van der Waals surface area contributed by atoms with E-state index in [2.05, 4.69) is 30.0 Å². The van der Waals surface area contributed by atoms with Crippen molar-refractivity contribution in [1.82, 2.24) is 14.7 Å². The van der Waals surface area contributed by atoms with Crippen LogP contribution < -0.4 is 4.74 Å². The Balaban J connectivity index is 1.36. The Morgan fingerprint density at radius 3 is 2.52 bits per heavy atom. The van der Waals surface area contributed by atoms with E-state index in [1.807, 2.05) is 40.1 Å². The summed E-state index contributed by atoms with van der Waals surface area (Å²) in [6.07, 6.45) is 1.07. The molecule has 0 N–H and O–H groups in total. The summed E-state index contributed by atoms with van der Waals surface area (Å²) in [7, 11) is 1.63. The van der Waals surface area contributed by atoms with Gasteiger partial charge in [0.1, 0.15) is 5.75 Å². The van der Waals surface area contributed by atoms with Crippen molar-refractivity contribution in [2.45, 2.75) is 32.4 Å². The molecule has 1 unspecified atom stereocenters. The van der Waals surface area contributed by atoms with Gasteiger partial charge < -0.3 is 14.5 Å². The van der Waals surface area contributed by atoms with Crippen LogP contribution in [0.1, 0.15) is 23.1 Å². The second-order valence-electron chi connectivity index (χ2n) is 8.49. The summed E-state index contributed by atoms with van der Waals surface area (Å²) >= 11 is 0.